The summed E-state index contributed by atoms with van der Waals surface area (Å²) in [5, 5.41) is 2.76. The molecule has 3 aromatic carbocycles. The number of nitrogens with one attached hydrogen (secondary N) is 1. The van der Waals surface area contributed by atoms with E-state index >= 15 is 0 Å². The number of anilines is 1. The Kier molecular flexibility index (Phi) is 4.27. The molecule has 1 amide bonds. The van der Waals surface area contributed by atoms with E-state index in [1.807, 2.05) is 36.2 Å². The number of nitrogens with zero attached hydrogens (tertiary/aromatic N) is 1. The van der Waals surface area contributed by atoms with Gasteiger partial charge in [0.25, 0.3) is 0 Å². The summed E-state index contributed by atoms with van der Waals surface area (Å²) in [4.78, 5) is 14.5. The first-order valence-electron chi connectivity index (χ1n) is 8.57. The molecule has 1 aliphatic carbocycles. The van der Waals surface area contributed by atoms with E-state index < -0.39 is 0 Å². The van der Waals surface area contributed by atoms with Crippen LogP contribution in [0, 0.1) is 5.82 Å². The van der Waals surface area contributed by atoms with Crippen LogP contribution >= 0.6 is 0 Å². The fourth-order valence-corrected chi connectivity index (χ4v) is 3.69. The maximum absolute atomic E-state index is 13.3. The zero-order valence-electron chi connectivity index (χ0n) is 14.4. The first-order valence-corrected chi connectivity index (χ1v) is 8.57. The third-order valence-corrected chi connectivity index (χ3v) is 4.74. The third-order valence-electron chi connectivity index (χ3n) is 4.74. The highest BCUT2D eigenvalue weighted by molar-refractivity contribution is 5.92. The van der Waals surface area contributed by atoms with E-state index in [1.165, 1.54) is 34.4 Å². The molecule has 1 N–H and O–H groups in total. The van der Waals surface area contributed by atoms with Gasteiger partial charge in [0.15, 0.2) is 0 Å². The van der Waals surface area contributed by atoms with Gasteiger partial charge in [-0.2, -0.15) is 0 Å². The van der Waals surface area contributed by atoms with Gasteiger partial charge in [-0.25, -0.2) is 4.39 Å². The van der Waals surface area contributed by atoms with Crippen molar-refractivity contribution >= 4 is 11.6 Å². The molecule has 0 fully saturated rings. The van der Waals surface area contributed by atoms with Gasteiger partial charge in [-0.1, -0.05) is 54.6 Å². The molecule has 3 nitrogen and oxygen atoms in total. The summed E-state index contributed by atoms with van der Waals surface area (Å²) in [7, 11) is 1.94. The van der Waals surface area contributed by atoms with Gasteiger partial charge in [-0.15, -0.1) is 0 Å². The summed E-state index contributed by atoms with van der Waals surface area (Å²) in [6.45, 7) is 0.212. The van der Waals surface area contributed by atoms with Crippen molar-refractivity contribution in [2.45, 2.75) is 6.04 Å². The number of carbonyl (C=O) groups excluding carboxylic acids is 1. The van der Waals surface area contributed by atoms with Gasteiger partial charge >= 0.3 is 0 Å². The van der Waals surface area contributed by atoms with E-state index in [0.717, 1.165) is 0 Å². The van der Waals surface area contributed by atoms with Gasteiger partial charge in [-0.05, 0) is 47.5 Å². The van der Waals surface area contributed by atoms with Crippen LogP contribution in [0.3, 0.4) is 0 Å². The Labute approximate surface area is 152 Å². The molecular weight excluding hydrogens is 327 g/mol. The van der Waals surface area contributed by atoms with Gasteiger partial charge in [0.05, 0.1) is 12.6 Å². The summed E-state index contributed by atoms with van der Waals surface area (Å²) in [6, 6.07) is 22.6. The number of benzene rings is 3. The monoisotopic (exact) mass is 346 g/mol. The van der Waals surface area contributed by atoms with E-state index in [2.05, 4.69) is 29.6 Å². The summed E-state index contributed by atoms with van der Waals surface area (Å²) in [5.41, 5.74) is 5.30. The second kappa shape index (κ2) is 6.73. The SMILES string of the molecule is CN(CC(=O)Nc1cccc(F)c1)C1c2ccccc2-c2ccccc21. The molecule has 26 heavy (non-hydrogen) atoms. The number of halogens is 1. The van der Waals surface area contributed by atoms with Crippen LogP contribution in [0.2, 0.25) is 0 Å². The number of amides is 1. The van der Waals surface area contributed by atoms with Crippen LogP contribution in [0.15, 0.2) is 72.8 Å². The fraction of sp³-hybridized carbons (Fsp3) is 0.136. The highest BCUT2D eigenvalue weighted by atomic mass is 19.1. The predicted molar refractivity (Wildman–Crippen MR) is 101 cm³/mol. The molecule has 0 aromatic heterocycles. The van der Waals surface area contributed by atoms with Crippen molar-refractivity contribution in [3.8, 4) is 11.1 Å². The predicted octanol–water partition coefficient (Wildman–Crippen LogP) is 4.47. The van der Waals surface area contributed by atoms with Crippen molar-refractivity contribution in [3.05, 3.63) is 89.7 Å². The van der Waals surface area contributed by atoms with Crippen molar-refractivity contribution in [2.24, 2.45) is 0 Å². The van der Waals surface area contributed by atoms with E-state index in [-0.39, 0.29) is 24.3 Å². The molecule has 0 unspecified atom stereocenters. The van der Waals surface area contributed by atoms with Gasteiger partial charge in [0.2, 0.25) is 5.91 Å². The van der Waals surface area contributed by atoms with Crippen molar-refractivity contribution in [3.63, 3.8) is 0 Å². The molecule has 0 bridgehead atoms. The fourth-order valence-electron chi connectivity index (χ4n) is 3.69. The van der Waals surface area contributed by atoms with Gasteiger partial charge in [0.1, 0.15) is 5.82 Å². The number of hydrogen-bond donors (Lipinski definition) is 1. The molecule has 0 aliphatic heterocycles. The molecule has 0 heterocycles. The normalized spacial score (nSPS) is 12.7. The smallest absolute Gasteiger partial charge is 0.238 e. The zero-order valence-corrected chi connectivity index (χ0v) is 14.4. The molecule has 0 saturated heterocycles. The van der Waals surface area contributed by atoms with Crippen LogP contribution in [0.5, 0.6) is 0 Å². The van der Waals surface area contributed by atoms with Crippen LogP contribution in [-0.2, 0) is 4.79 Å². The minimum absolute atomic E-state index is 0.0284. The molecule has 0 spiro atoms. The molecule has 4 heteroatoms. The summed E-state index contributed by atoms with van der Waals surface area (Å²) < 4.78 is 13.3. The summed E-state index contributed by atoms with van der Waals surface area (Å²) >= 11 is 0. The van der Waals surface area contributed by atoms with Gasteiger partial charge < -0.3 is 5.32 Å². The highest BCUT2D eigenvalue weighted by Crippen LogP contribution is 2.45. The average molecular weight is 346 g/mol. The van der Waals surface area contributed by atoms with Crippen LogP contribution in [0.1, 0.15) is 17.2 Å². The lowest BCUT2D eigenvalue weighted by molar-refractivity contribution is -0.117. The number of rotatable bonds is 4. The lowest BCUT2D eigenvalue weighted by Gasteiger charge is -2.25. The molecular formula is C22H19FN2O. The highest BCUT2D eigenvalue weighted by Gasteiger charge is 2.31. The molecule has 3 aromatic rings. The molecule has 0 atom stereocenters. The minimum Gasteiger partial charge on any atom is -0.325 e. The maximum atomic E-state index is 13.3. The van der Waals surface area contributed by atoms with Gasteiger partial charge in [0, 0.05) is 5.69 Å². The number of hydrogen-bond acceptors (Lipinski definition) is 2. The Morgan fingerprint density at radius 2 is 1.58 bits per heavy atom. The van der Waals surface area contributed by atoms with E-state index in [4.69, 9.17) is 0 Å². The Morgan fingerprint density at radius 3 is 2.19 bits per heavy atom. The van der Waals surface area contributed by atoms with Crippen molar-refractivity contribution < 1.29 is 9.18 Å². The first-order chi connectivity index (χ1) is 12.6. The molecule has 0 radical (unpaired) electrons. The molecule has 4 rings (SSSR count). The Hall–Kier alpha value is -2.98. The molecule has 1 aliphatic rings. The van der Waals surface area contributed by atoms with E-state index in [9.17, 15) is 9.18 Å². The van der Waals surface area contributed by atoms with Gasteiger partial charge in [-0.3, -0.25) is 9.69 Å². The summed E-state index contributed by atoms with van der Waals surface area (Å²) in [5.74, 6) is -0.533. The van der Waals surface area contributed by atoms with Crippen molar-refractivity contribution in [1.29, 1.82) is 0 Å². The minimum atomic E-state index is -0.366. The average Bonchev–Trinajstić information content (AvgIpc) is 2.96. The molecule has 130 valence electrons. The Balaban J connectivity index is 1.56. The third kappa shape index (κ3) is 3.00. The van der Waals surface area contributed by atoms with E-state index in [1.54, 1.807) is 12.1 Å². The summed E-state index contributed by atoms with van der Waals surface area (Å²) in [6.07, 6.45) is 0. The quantitative estimate of drug-likeness (QED) is 0.756. The molecule has 0 saturated carbocycles. The van der Waals surface area contributed by atoms with Crippen molar-refractivity contribution in [1.82, 2.24) is 4.90 Å². The Bertz CT molecular complexity index is 924. The van der Waals surface area contributed by atoms with Crippen LogP contribution in [0.25, 0.3) is 11.1 Å². The number of carbonyl (C=O) groups is 1. The van der Waals surface area contributed by atoms with E-state index in [0.29, 0.717) is 5.69 Å². The van der Waals surface area contributed by atoms with Crippen LogP contribution < -0.4 is 5.32 Å². The van der Waals surface area contributed by atoms with Crippen LogP contribution in [-0.4, -0.2) is 24.4 Å². The second-order valence-electron chi connectivity index (χ2n) is 6.55. The largest absolute Gasteiger partial charge is 0.325 e. The Morgan fingerprint density at radius 1 is 0.962 bits per heavy atom. The maximum Gasteiger partial charge on any atom is 0.238 e. The lowest BCUT2D eigenvalue weighted by atomic mass is 10.0. The second-order valence-corrected chi connectivity index (χ2v) is 6.55. The topological polar surface area (TPSA) is 32.3 Å². The standard InChI is InChI=1S/C22H19FN2O/c1-25(14-21(26)24-16-8-6-7-15(23)13-16)22-19-11-4-2-9-17(19)18-10-3-5-12-20(18)22/h2-13,22H,14H2,1H3,(H,24,26). The zero-order chi connectivity index (χ0) is 18.1. The number of fused-ring (bicyclic) bond motifs is 3. The van der Waals surface area contributed by atoms with Crippen molar-refractivity contribution in [2.75, 3.05) is 18.9 Å². The first kappa shape index (κ1) is 16.5. The van der Waals surface area contributed by atoms with Crippen LogP contribution in [0.4, 0.5) is 10.1 Å². The number of likely N-dealkylation sites (N-methyl/N-ethyl adjacent to an activating group) is 1. The lowest BCUT2D eigenvalue weighted by Crippen LogP contribution is -2.33.